The fourth-order valence-electron chi connectivity index (χ4n) is 1.01. The lowest BCUT2D eigenvalue weighted by Crippen LogP contribution is -2.48. The molecule has 2 atom stereocenters. The van der Waals surface area contributed by atoms with Crippen molar-refractivity contribution in [2.75, 3.05) is 12.0 Å². The Balaban J connectivity index is 4.04. The second kappa shape index (κ2) is 7.70. The molecule has 0 unspecified atom stereocenters. The second-order valence-electron chi connectivity index (χ2n) is 3.80. The predicted octanol–water partition coefficient (Wildman–Crippen LogP) is 0.406. The number of rotatable bonds is 7. The molecule has 5 heteroatoms. The zero-order valence-corrected chi connectivity index (χ0v) is 10.3. The van der Waals surface area contributed by atoms with Gasteiger partial charge in [0.1, 0.15) is 6.29 Å². The minimum atomic E-state index is -0.515. The lowest BCUT2D eigenvalue weighted by atomic mass is 10.1. The normalized spacial score (nSPS) is 14.7. The first-order chi connectivity index (χ1) is 7.02. The zero-order chi connectivity index (χ0) is 11.8. The van der Waals surface area contributed by atoms with Crippen LogP contribution < -0.4 is 11.1 Å². The third-order valence-corrected chi connectivity index (χ3v) is 2.79. The van der Waals surface area contributed by atoms with E-state index in [0.717, 1.165) is 12.0 Å². The molecule has 0 rings (SSSR count). The summed E-state index contributed by atoms with van der Waals surface area (Å²) in [4.78, 5) is 22.2. The van der Waals surface area contributed by atoms with Crippen LogP contribution in [0.1, 0.15) is 20.3 Å². The van der Waals surface area contributed by atoms with E-state index in [9.17, 15) is 9.59 Å². The first-order valence-electron chi connectivity index (χ1n) is 5.03. The fourth-order valence-corrected chi connectivity index (χ4v) is 1.49. The topological polar surface area (TPSA) is 72.2 Å². The molecule has 0 fully saturated rings. The summed E-state index contributed by atoms with van der Waals surface area (Å²) >= 11 is 1.65. The molecule has 0 radical (unpaired) electrons. The highest BCUT2D eigenvalue weighted by atomic mass is 32.2. The Bertz CT molecular complexity index is 210. The highest BCUT2D eigenvalue weighted by Crippen LogP contribution is 2.02. The molecular formula is C10H20N2O2S. The molecule has 15 heavy (non-hydrogen) atoms. The Morgan fingerprint density at radius 3 is 2.53 bits per heavy atom. The van der Waals surface area contributed by atoms with E-state index in [0.29, 0.717) is 6.42 Å². The molecule has 0 aliphatic rings. The van der Waals surface area contributed by atoms with Crippen LogP contribution in [0.25, 0.3) is 0 Å². The van der Waals surface area contributed by atoms with Crippen LogP contribution in [0.15, 0.2) is 0 Å². The minimum absolute atomic E-state index is 0.0965. The molecule has 0 aliphatic heterocycles. The van der Waals surface area contributed by atoms with Crippen molar-refractivity contribution in [1.29, 1.82) is 0 Å². The van der Waals surface area contributed by atoms with E-state index >= 15 is 0 Å². The van der Waals surface area contributed by atoms with Gasteiger partial charge in [-0.1, -0.05) is 13.8 Å². The molecular weight excluding hydrogens is 212 g/mol. The van der Waals surface area contributed by atoms with Crippen molar-refractivity contribution in [2.24, 2.45) is 11.7 Å². The molecule has 0 aromatic carbocycles. The molecule has 0 aromatic rings. The van der Waals surface area contributed by atoms with E-state index in [1.807, 2.05) is 20.1 Å². The SMILES string of the molecule is CSCC[C@H](N)C(=O)N[C@H](C=O)C(C)C. The van der Waals surface area contributed by atoms with Gasteiger partial charge in [-0.15, -0.1) is 0 Å². The third-order valence-electron chi connectivity index (χ3n) is 2.14. The van der Waals surface area contributed by atoms with E-state index in [1.165, 1.54) is 0 Å². The number of amides is 1. The number of thioether (sulfide) groups is 1. The van der Waals surface area contributed by atoms with Gasteiger partial charge in [-0.2, -0.15) is 11.8 Å². The minimum Gasteiger partial charge on any atom is -0.345 e. The Labute approximate surface area is 95.4 Å². The number of nitrogens with two attached hydrogens (primary N) is 1. The maximum atomic E-state index is 11.5. The van der Waals surface area contributed by atoms with Crippen molar-refractivity contribution >= 4 is 24.0 Å². The van der Waals surface area contributed by atoms with Gasteiger partial charge in [-0.3, -0.25) is 4.79 Å². The van der Waals surface area contributed by atoms with E-state index in [-0.39, 0.29) is 11.8 Å². The van der Waals surface area contributed by atoms with E-state index in [2.05, 4.69) is 5.32 Å². The summed E-state index contributed by atoms with van der Waals surface area (Å²) < 4.78 is 0. The summed E-state index contributed by atoms with van der Waals surface area (Å²) in [7, 11) is 0. The summed E-state index contributed by atoms with van der Waals surface area (Å²) in [5.41, 5.74) is 5.67. The van der Waals surface area contributed by atoms with Crippen LogP contribution in [0.4, 0.5) is 0 Å². The summed E-state index contributed by atoms with van der Waals surface area (Å²) in [5, 5.41) is 2.63. The first-order valence-corrected chi connectivity index (χ1v) is 6.42. The number of hydrogen-bond donors (Lipinski definition) is 2. The zero-order valence-electron chi connectivity index (χ0n) is 9.53. The third kappa shape index (κ3) is 5.79. The van der Waals surface area contributed by atoms with Crippen molar-refractivity contribution in [3.63, 3.8) is 0 Å². The molecule has 0 aromatic heterocycles. The van der Waals surface area contributed by atoms with Crippen LogP contribution >= 0.6 is 11.8 Å². The Hall–Kier alpha value is -0.550. The lowest BCUT2D eigenvalue weighted by Gasteiger charge is -2.18. The molecule has 1 amide bonds. The number of hydrogen-bond acceptors (Lipinski definition) is 4. The van der Waals surface area contributed by atoms with Crippen LogP contribution in [0.3, 0.4) is 0 Å². The predicted molar refractivity (Wildman–Crippen MR) is 63.8 cm³/mol. The van der Waals surface area contributed by atoms with E-state index in [1.54, 1.807) is 11.8 Å². The lowest BCUT2D eigenvalue weighted by molar-refractivity contribution is -0.125. The Morgan fingerprint density at radius 1 is 1.53 bits per heavy atom. The van der Waals surface area contributed by atoms with Gasteiger partial charge in [0.05, 0.1) is 12.1 Å². The largest absolute Gasteiger partial charge is 0.345 e. The van der Waals surface area contributed by atoms with Gasteiger partial charge in [0, 0.05) is 0 Å². The molecule has 0 heterocycles. The molecule has 0 saturated heterocycles. The van der Waals surface area contributed by atoms with Crippen LogP contribution in [0, 0.1) is 5.92 Å². The number of nitrogens with one attached hydrogen (secondary N) is 1. The number of carbonyl (C=O) groups excluding carboxylic acids is 2. The van der Waals surface area contributed by atoms with Gasteiger partial charge in [0.15, 0.2) is 0 Å². The standard InChI is InChI=1S/C10H20N2O2S/c1-7(2)9(6-13)12-10(14)8(11)4-5-15-3/h6-9H,4-5,11H2,1-3H3,(H,12,14)/t8-,9+/m0/s1. The van der Waals surface area contributed by atoms with Crippen molar-refractivity contribution in [3.05, 3.63) is 0 Å². The average molecular weight is 232 g/mol. The molecule has 4 nitrogen and oxygen atoms in total. The highest BCUT2D eigenvalue weighted by molar-refractivity contribution is 7.98. The van der Waals surface area contributed by atoms with Gasteiger partial charge in [0.25, 0.3) is 0 Å². The van der Waals surface area contributed by atoms with Crippen LogP contribution in [0.2, 0.25) is 0 Å². The number of aldehydes is 1. The van der Waals surface area contributed by atoms with Gasteiger partial charge < -0.3 is 15.8 Å². The van der Waals surface area contributed by atoms with Crippen LogP contribution in [-0.4, -0.2) is 36.3 Å². The molecule has 0 aliphatic carbocycles. The first kappa shape index (κ1) is 14.5. The molecule has 0 bridgehead atoms. The summed E-state index contributed by atoms with van der Waals surface area (Å²) in [6.45, 7) is 3.76. The smallest absolute Gasteiger partial charge is 0.237 e. The maximum absolute atomic E-state index is 11.5. The molecule has 88 valence electrons. The molecule has 0 saturated carbocycles. The second-order valence-corrected chi connectivity index (χ2v) is 4.79. The van der Waals surface area contributed by atoms with E-state index < -0.39 is 12.1 Å². The molecule has 0 spiro atoms. The van der Waals surface area contributed by atoms with Crippen molar-refractivity contribution in [3.8, 4) is 0 Å². The van der Waals surface area contributed by atoms with Crippen LogP contribution in [0.5, 0.6) is 0 Å². The maximum Gasteiger partial charge on any atom is 0.237 e. The van der Waals surface area contributed by atoms with Crippen molar-refractivity contribution in [2.45, 2.75) is 32.4 Å². The quantitative estimate of drug-likeness (QED) is 0.624. The van der Waals surface area contributed by atoms with Crippen molar-refractivity contribution < 1.29 is 9.59 Å². The summed E-state index contributed by atoms with van der Waals surface area (Å²) in [5.74, 6) is 0.705. The number of carbonyl (C=O) groups is 2. The highest BCUT2D eigenvalue weighted by Gasteiger charge is 2.19. The van der Waals surface area contributed by atoms with Gasteiger partial charge >= 0.3 is 0 Å². The van der Waals surface area contributed by atoms with Gasteiger partial charge in [-0.05, 0) is 24.3 Å². The van der Waals surface area contributed by atoms with E-state index in [4.69, 9.17) is 5.73 Å². The monoisotopic (exact) mass is 232 g/mol. The summed E-state index contributed by atoms with van der Waals surface area (Å²) in [6.07, 6.45) is 3.35. The Morgan fingerprint density at radius 2 is 2.13 bits per heavy atom. The van der Waals surface area contributed by atoms with Crippen LogP contribution in [-0.2, 0) is 9.59 Å². The van der Waals surface area contributed by atoms with Gasteiger partial charge in [-0.25, -0.2) is 0 Å². The Kier molecular flexibility index (Phi) is 7.42. The summed E-state index contributed by atoms with van der Waals surface area (Å²) in [6, 6.07) is -0.948. The van der Waals surface area contributed by atoms with Gasteiger partial charge in [0.2, 0.25) is 5.91 Å². The molecule has 3 N–H and O–H groups in total. The fraction of sp³-hybridized carbons (Fsp3) is 0.800. The average Bonchev–Trinajstić information content (AvgIpc) is 2.21. The van der Waals surface area contributed by atoms with Crippen molar-refractivity contribution in [1.82, 2.24) is 5.32 Å².